The van der Waals surface area contributed by atoms with Crippen LogP contribution in [0, 0.1) is 23.7 Å². The maximum atomic E-state index is 12.0. The third kappa shape index (κ3) is 1.99. The van der Waals surface area contributed by atoms with Gasteiger partial charge in [-0.25, -0.2) is 0 Å². The van der Waals surface area contributed by atoms with Gasteiger partial charge in [0.1, 0.15) is 6.61 Å². The Bertz CT molecular complexity index is 504. The van der Waals surface area contributed by atoms with E-state index in [1.54, 1.807) is 6.20 Å². The van der Waals surface area contributed by atoms with Gasteiger partial charge >= 0.3 is 5.97 Å². The zero-order chi connectivity index (χ0) is 12.8. The van der Waals surface area contributed by atoms with Crippen molar-refractivity contribution in [1.29, 1.82) is 0 Å². The van der Waals surface area contributed by atoms with Gasteiger partial charge in [-0.1, -0.05) is 12.2 Å². The van der Waals surface area contributed by atoms with Crippen LogP contribution in [0.4, 0.5) is 0 Å². The van der Waals surface area contributed by atoms with Gasteiger partial charge < -0.3 is 4.74 Å². The molecule has 0 saturated heterocycles. The van der Waals surface area contributed by atoms with Crippen molar-refractivity contribution >= 4 is 5.97 Å². The van der Waals surface area contributed by atoms with Gasteiger partial charge in [0.15, 0.2) is 0 Å². The smallest absolute Gasteiger partial charge is 0.315 e. The Morgan fingerprint density at radius 2 is 2.32 bits per heavy atom. The quantitative estimate of drug-likeness (QED) is 0.614. The summed E-state index contributed by atoms with van der Waals surface area (Å²) < 4.78 is 7.16. The fraction of sp³-hybridized carbons (Fsp3) is 0.600. The monoisotopic (exact) mass is 258 g/mol. The number of cyclic esters (lactones) is 1. The Balaban J connectivity index is 1.62. The zero-order valence-corrected chi connectivity index (χ0v) is 10.8. The van der Waals surface area contributed by atoms with Crippen molar-refractivity contribution in [3.63, 3.8) is 0 Å². The Morgan fingerprint density at radius 1 is 1.42 bits per heavy atom. The third-order valence-electron chi connectivity index (χ3n) is 4.69. The van der Waals surface area contributed by atoms with E-state index in [0.717, 1.165) is 11.8 Å². The van der Waals surface area contributed by atoms with E-state index in [2.05, 4.69) is 5.10 Å². The minimum atomic E-state index is -0.164. The first kappa shape index (κ1) is 11.3. The molecular formula is C15H18N2O2. The van der Waals surface area contributed by atoms with Gasteiger partial charge in [0, 0.05) is 12.4 Å². The predicted octanol–water partition coefficient (Wildman–Crippen LogP) is 2.20. The summed E-state index contributed by atoms with van der Waals surface area (Å²) in [5, 5.41) is 4.38. The standard InChI is InChI=1S/C15H18N2O2/c18-15-11(3-1-8-19-15)14(17-7-2-6-16-17)13-9-12(13)10-4-5-10/h1-3,6-7,10-14H,4-5,8-9H2. The molecule has 4 rings (SSSR count). The van der Waals surface area contributed by atoms with Crippen molar-refractivity contribution in [2.45, 2.75) is 25.3 Å². The molecule has 1 aromatic rings. The minimum Gasteiger partial charge on any atom is -0.461 e. The van der Waals surface area contributed by atoms with E-state index in [9.17, 15) is 4.79 Å². The van der Waals surface area contributed by atoms with Crippen LogP contribution < -0.4 is 0 Å². The van der Waals surface area contributed by atoms with E-state index >= 15 is 0 Å². The number of carbonyl (C=O) groups is 1. The topological polar surface area (TPSA) is 44.1 Å². The number of esters is 1. The van der Waals surface area contributed by atoms with Crippen LogP contribution in [-0.2, 0) is 9.53 Å². The second-order valence-electron chi connectivity index (χ2n) is 5.96. The highest BCUT2D eigenvalue weighted by atomic mass is 16.5. The average molecular weight is 258 g/mol. The van der Waals surface area contributed by atoms with Crippen molar-refractivity contribution in [2.24, 2.45) is 23.7 Å². The molecule has 0 radical (unpaired) electrons. The van der Waals surface area contributed by atoms with Gasteiger partial charge in [0.05, 0.1) is 12.0 Å². The number of rotatable bonds is 4. The summed E-state index contributed by atoms with van der Waals surface area (Å²) in [6.07, 6.45) is 11.7. The lowest BCUT2D eigenvalue weighted by Crippen LogP contribution is -2.31. The molecule has 2 saturated carbocycles. The molecule has 3 aliphatic rings. The molecule has 0 spiro atoms. The lowest BCUT2D eigenvalue weighted by atomic mass is 9.92. The van der Waals surface area contributed by atoms with Crippen LogP contribution in [-0.4, -0.2) is 22.4 Å². The molecule has 4 nitrogen and oxygen atoms in total. The van der Waals surface area contributed by atoms with E-state index in [1.807, 2.05) is 29.1 Å². The second kappa shape index (κ2) is 4.22. The Hall–Kier alpha value is -1.58. The van der Waals surface area contributed by atoms with Crippen LogP contribution in [0.1, 0.15) is 25.3 Å². The van der Waals surface area contributed by atoms with Crippen molar-refractivity contribution in [1.82, 2.24) is 9.78 Å². The normalized spacial score (nSPS) is 34.9. The first-order valence-corrected chi connectivity index (χ1v) is 7.17. The van der Waals surface area contributed by atoms with Crippen molar-refractivity contribution in [3.05, 3.63) is 30.6 Å². The van der Waals surface area contributed by atoms with E-state index in [-0.39, 0.29) is 17.9 Å². The van der Waals surface area contributed by atoms with Gasteiger partial charge in [-0.05, 0) is 43.1 Å². The molecule has 1 aliphatic heterocycles. The summed E-state index contributed by atoms with van der Waals surface area (Å²) >= 11 is 0. The molecule has 2 fully saturated rings. The summed E-state index contributed by atoms with van der Waals surface area (Å²) in [5.41, 5.74) is 0. The Kier molecular flexibility index (Phi) is 2.50. The summed E-state index contributed by atoms with van der Waals surface area (Å²) in [5.74, 6) is 2.04. The van der Waals surface area contributed by atoms with Crippen molar-refractivity contribution in [2.75, 3.05) is 6.61 Å². The molecule has 4 atom stereocenters. The van der Waals surface area contributed by atoms with Crippen LogP contribution in [0.3, 0.4) is 0 Å². The van der Waals surface area contributed by atoms with Gasteiger partial charge in [-0.15, -0.1) is 0 Å². The summed E-state index contributed by atoms with van der Waals surface area (Å²) in [6.45, 7) is 0.415. The molecular weight excluding hydrogens is 240 g/mol. The van der Waals surface area contributed by atoms with Gasteiger partial charge in [0.25, 0.3) is 0 Å². The largest absolute Gasteiger partial charge is 0.461 e. The molecule has 1 aromatic heterocycles. The summed E-state index contributed by atoms with van der Waals surface area (Å²) in [7, 11) is 0. The van der Waals surface area contributed by atoms with Crippen LogP contribution >= 0.6 is 0 Å². The van der Waals surface area contributed by atoms with Gasteiger partial charge in [-0.3, -0.25) is 9.48 Å². The molecule has 0 bridgehead atoms. The zero-order valence-electron chi connectivity index (χ0n) is 10.8. The lowest BCUT2D eigenvalue weighted by Gasteiger charge is -2.26. The molecule has 19 heavy (non-hydrogen) atoms. The highest BCUT2D eigenvalue weighted by molar-refractivity contribution is 5.76. The summed E-state index contributed by atoms with van der Waals surface area (Å²) in [6, 6.07) is 2.07. The number of aromatic nitrogens is 2. The molecule has 0 aromatic carbocycles. The van der Waals surface area contributed by atoms with Gasteiger partial charge in [0.2, 0.25) is 0 Å². The Morgan fingerprint density at radius 3 is 3.00 bits per heavy atom. The van der Waals surface area contributed by atoms with Crippen LogP contribution in [0.25, 0.3) is 0 Å². The number of carbonyl (C=O) groups excluding carboxylic acids is 1. The SMILES string of the molecule is O=C1OCC=CC1C(C1CC1C1CC1)n1cccn1. The molecule has 0 N–H and O–H groups in total. The third-order valence-corrected chi connectivity index (χ3v) is 4.69. The molecule has 4 unspecified atom stereocenters. The van der Waals surface area contributed by atoms with Crippen LogP contribution in [0.15, 0.2) is 30.6 Å². The fourth-order valence-electron chi connectivity index (χ4n) is 3.54. The van der Waals surface area contributed by atoms with Crippen molar-refractivity contribution in [3.8, 4) is 0 Å². The highest BCUT2D eigenvalue weighted by Gasteiger charge is 2.54. The first-order chi connectivity index (χ1) is 9.34. The van der Waals surface area contributed by atoms with Crippen molar-refractivity contribution < 1.29 is 9.53 Å². The van der Waals surface area contributed by atoms with E-state index in [1.165, 1.54) is 19.3 Å². The maximum absolute atomic E-state index is 12.0. The lowest BCUT2D eigenvalue weighted by molar-refractivity contribution is -0.148. The Labute approximate surface area is 112 Å². The predicted molar refractivity (Wildman–Crippen MR) is 69.2 cm³/mol. The second-order valence-corrected chi connectivity index (χ2v) is 5.96. The molecule has 2 aliphatic carbocycles. The van der Waals surface area contributed by atoms with Crippen LogP contribution in [0.5, 0.6) is 0 Å². The fourth-order valence-corrected chi connectivity index (χ4v) is 3.54. The molecule has 100 valence electrons. The number of nitrogens with zero attached hydrogens (tertiary/aromatic N) is 2. The van der Waals surface area contributed by atoms with Gasteiger partial charge in [-0.2, -0.15) is 5.10 Å². The molecule has 0 amide bonds. The summed E-state index contributed by atoms with van der Waals surface area (Å²) in [4.78, 5) is 12.0. The van der Waals surface area contributed by atoms with E-state index in [4.69, 9.17) is 4.74 Å². The van der Waals surface area contributed by atoms with E-state index < -0.39 is 0 Å². The highest BCUT2D eigenvalue weighted by Crippen LogP contribution is 2.59. The molecule has 4 heteroatoms. The minimum absolute atomic E-state index is 0.0931. The van der Waals surface area contributed by atoms with Crippen LogP contribution in [0.2, 0.25) is 0 Å². The van der Waals surface area contributed by atoms with E-state index in [0.29, 0.717) is 12.5 Å². The average Bonchev–Trinajstić information content (AvgIpc) is 3.31. The number of hydrogen-bond donors (Lipinski definition) is 0. The number of ether oxygens (including phenoxy) is 1. The number of hydrogen-bond acceptors (Lipinski definition) is 3. The molecule has 2 heterocycles. The first-order valence-electron chi connectivity index (χ1n) is 7.17. The maximum Gasteiger partial charge on any atom is 0.315 e.